The third kappa shape index (κ3) is 7.68. The van der Waals surface area contributed by atoms with Crippen molar-refractivity contribution in [2.45, 2.75) is 116 Å². The summed E-state index contributed by atoms with van der Waals surface area (Å²) in [5.41, 5.74) is 7.16. The molecule has 1 N–H and O–H groups in total. The fourth-order valence-electron chi connectivity index (χ4n) is 9.20. The molecule has 270 valence electrons. The SMILES string of the molecule is CC(C)[Si](C(C)C)(C(C)C)n1ccc2cc(Br)cnc21.CC(C)[Si](C(C)C)(C(C)C)n1ccc2cc(Cl)cnc21.Clc1cnc2[nH]ccc2c1. The zero-order valence-corrected chi connectivity index (χ0v) is 36.9. The second-order valence-corrected chi connectivity index (χ2v) is 28.5. The fraction of sp³-hybridized carbons (Fsp3) is 0.462. The number of aromatic amines is 1. The molecule has 0 bridgehead atoms. The van der Waals surface area contributed by atoms with Crippen molar-refractivity contribution in [2.24, 2.45) is 0 Å². The molecule has 6 aromatic heterocycles. The van der Waals surface area contributed by atoms with Gasteiger partial charge in [-0.25, -0.2) is 15.0 Å². The van der Waals surface area contributed by atoms with Crippen molar-refractivity contribution in [1.29, 1.82) is 0 Å². The summed E-state index contributed by atoms with van der Waals surface area (Å²) >= 11 is 15.3. The molecule has 0 aliphatic carbocycles. The molecule has 0 atom stereocenters. The van der Waals surface area contributed by atoms with E-state index in [9.17, 15) is 0 Å². The number of aromatic nitrogens is 6. The first-order valence-corrected chi connectivity index (χ1v) is 23.7. The minimum absolute atomic E-state index is 0.663. The lowest BCUT2D eigenvalue weighted by Crippen LogP contribution is -2.51. The Morgan fingerprint density at radius 1 is 0.560 bits per heavy atom. The number of H-pyrrole nitrogens is 1. The van der Waals surface area contributed by atoms with Crippen molar-refractivity contribution in [1.82, 2.24) is 28.4 Å². The normalized spacial score (nSPS) is 12.6. The maximum Gasteiger partial charge on any atom is 0.171 e. The van der Waals surface area contributed by atoms with E-state index in [1.54, 1.807) is 12.4 Å². The number of rotatable bonds is 8. The van der Waals surface area contributed by atoms with Crippen LogP contribution in [0.2, 0.25) is 43.3 Å². The monoisotopic (exact) mass is 812 g/mol. The van der Waals surface area contributed by atoms with E-state index in [1.165, 1.54) is 5.39 Å². The van der Waals surface area contributed by atoms with Crippen LogP contribution in [0.3, 0.4) is 0 Å². The van der Waals surface area contributed by atoms with Crippen LogP contribution in [0, 0.1) is 0 Å². The summed E-state index contributed by atoms with van der Waals surface area (Å²) in [6, 6.07) is 12.4. The second-order valence-electron chi connectivity index (χ2n) is 15.3. The highest BCUT2D eigenvalue weighted by molar-refractivity contribution is 9.10. The van der Waals surface area contributed by atoms with E-state index in [2.05, 4.69) is 153 Å². The molecule has 0 saturated heterocycles. The van der Waals surface area contributed by atoms with Crippen molar-refractivity contribution in [3.63, 3.8) is 0 Å². The Hall–Kier alpha value is -2.44. The Balaban J connectivity index is 0.000000178. The molecule has 11 heteroatoms. The van der Waals surface area contributed by atoms with E-state index >= 15 is 0 Å². The van der Waals surface area contributed by atoms with Gasteiger partial charge in [-0.3, -0.25) is 0 Å². The zero-order chi connectivity index (χ0) is 37.1. The molecule has 0 aliphatic rings. The molecule has 50 heavy (non-hydrogen) atoms. The molecule has 0 aliphatic heterocycles. The third-order valence-electron chi connectivity index (χ3n) is 10.7. The minimum Gasteiger partial charge on any atom is -0.359 e. The first-order valence-electron chi connectivity index (χ1n) is 17.8. The number of hydrogen-bond acceptors (Lipinski definition) is 3. The van der Waals surface area contributed by atoms with Crippen LogP contribution in [0.5, 0.6) is 0 Å². The maximum absolute atomic E-state index is 6.07. The molecule has 0 unspecified atom stereocenters. The number of hydrogen-bond donors (Lipinski definition) is 1. The van der Waals surface area contributed by atoms with Gasteiger partial charge in [0.15, 0.2) is 16.5 Å². The van der Waals surface area contributed by atoms with Crippen LogP contribution < -0.4 is 0 Å². The Morgan fingerprint density at radius 2 is 0.960 bits per heavy atom. The quantitative estimate of drug-likeness (QED) is 0.156. The highest BCUT2D eigenvalue weighted by atomic mass is 79.9. The van der Waals surface area contributed by atoms with Gasteiger partial charge in [0, 0.05) is 45.4 Å². The van der Waals surface area contributed by atoms with Crippen molar-refractivity contribution in [3.8, 4) is 0 Å². The lowest BCUT2D eigenvalue weighted by atomic mass is 10.3. The van der Waals surface area contributed by atoms with Crippen LogP contribution >= 0.6 is 39.1 Å². The maximum atomic E-state index is 6.07. The van der Waals surface area contributed by atoms with Gasteiger partial charge in [-0.2, -0.15) is 0 Å². The smallest absolute Gasteiger partial charge is 0.171 e. The highest BCUT2D eigenvalue weighted by Crippen LogP contribution is 2.45. The van der Waals surface area contributed by atoms with Crippen molar-refractivity contribution in [2.75, 3.05) is 0 Å². The van der Waals surface area contributed by atoms with Gasteiger partial charge in [0.25, 0.3) is 0 Å². The summed E-state index contributed by atoms with van der Waals surface area (Å²) < 4.78 is 6.11. The highest BCUT2D eigenvalue weighted by Gasteiger charge is 2.47. The van der Waals surface area contributed by atoms with E-state index in [-0.39, 0.29) is 0 Å². The van der Waals surface area contributed by atoms with E-state index in [1.807, 2.05) is 30.6 Å². The van der Waals surface area contributed by atoms with Gasteiger partial charge in [-0.05, 0) is 98.0 Å². The molecular weight excluding hydrogens is 759 g/mol. The molecule has 0 spiro atoms. The predicted molar refractivity (Wildman–Crippen MR) is 226 cm³/mol. The van der Waals surface area contributed by atoms with Gasteiger partial charge in [-0.15, -0.1) is 0 Å². The van der Waals surface area contributed by atoms with Crippen molar-refractivity contribution >= 4 is 88.7 Å². The summed E-state index contributed by atoms with van der Waals surface area (Å²) in [5.74, 6) is 0. The van der Waals surface area contributed by atoms with Gasteiger partial charge in [0.1, 0.15) is 16.9 Å². The molecule has 6 aromatic rings. The van der Waals surface area contributed by atoms with Crippen LogP contribution in [0.15, 0.2) is 78.1 Å². The first-order chi connectivity index (χ1) is 23.5. The standard InChI is InChI=1S/C16H25BrN2Si.C16H25ClN2Si.C7H5ClN2/c2*1-11(2)20(12(3)4,13(5)6)19-8-7-14-9-15(17)10-18-16(14)19;8-6-3-5-1-2-9-7(5)10-4-6/h2*7-13H,1-6H3;1-4H,(H,9,10). The van der Waals surface area contributed by atoms with Crippen LogP contribution in [-0.2, 0) is 0 Å². The molecular formula is C39H55BrCl2N6Si2. The molecule has 0 fully saturated rings. The summed E-state index contributed by atoms with van der Waals surface area (Å²) in [5, 5.41) is 4.82. The van der Waals surface area contributed by atoms with Crippen LogP contribution in [0.25, 0.3) is 33.1 Å². The first kappa shape index (κ1) is 40.3. The molecule has 0 amide bonds. The largest absolute Gasteiger partial charge is 0.359 e. The fourth-order valence-corrected chi connectivity index (χ4v) is 23.0. The Labute approximate surface area is 319 Å². The molecule has 0 aromatic carbocycles. The molecule has 0 radical (unpaired) electrons. The van der Waals surface area contributed by atoms with E-state index in [0.717, 1.165) is 32.2 Å². The van der Waals surface area contributed by atoms with E-state index in [0.29, 0.717) is 43.3 Å². The minimum atomic E-state index is -1.72. The number of pyridine rings is 3. The summed E-state index contributed by atoms with van der Waals surface area (Å²) in [6.07, 6.45) is 11.7. The number of nitrogens with zero attached hydrogens (tertiary/aromatic N) is 5. The van der Waals surface area contributed by atoms with Gasteiger partial charge in [0.2, 0.25) is 0 Å². The van der Waals surface area contributed by atoms with Crippen molar-refractivity contribution in [3.05, 3.63) is 88.1 Å². The topological polar surface area (TPSA) is 64.3 Å². The average Bonchev–Trinajstić information content (AvgIpc) is 3.76. The van der Waals surface area contributed by atoms with Gasteiger partial charge < -0.3 is 13.4 Å². The van der Waals surface area contributed by atoms with E-state index < -0.39 is 16.5 Å². The lowest BCUT2D eigenvalue weighted by molar-refractivity contribution is 0.770. The molecule has 6 rings (SSSR count). The summed E-state index contributed by atoms with van der Waals surface area (Å²) in [4.78, 5) is 16.4. The third-order valence-corrected chi connectivity index (χ3v) is 25.1. The Bertz CT molecular complexity index is 1860. The summed E-state index contributed by atoms with van der Waals surface area (Å²) in [7, 11) is -3.42. The second kappa shape index (κ2) is 16.5. The molecule has 6 heterocycles. The van der Waals surface area contributed by atoms with Gasteiger partial charge in [0.05, 0.1) is 10.0 Å². The van der Waals surface area contributed by atoms with E-state index in [4.69, 9.17) is 28.2 Å². The van der Waals surface area contributed by atoms with Gasteiger partial charge in [-0.1, -0.05) is 106 Å². The van der Waals surface area contributed by atoms with Crippen molar-refractivity contribution < 1.29 is 0 Å². The van der Waals surface area contributed by atoms with Crippen LogP contribution in [-0.4, -0.2) is 44.9 Å². The Morgan fingerprint density at radius 3 is 1.42 bits per heavy atom. The molecule has 6 nitrogen and oxygen atoms in total. The average molecular weight is 815 g/mol. The van der Waals surface area contributed by atoms with Crippen LogP contribution in [0.1, 0.15) is 83.1 Å². The summed E-state index contributed by atoms with van der Waals surface area (Å²) in [6.45, 7) is 28.5. The Kier molecular flexibility index (Phi) is 13.3. The van der Waals surface area contributed by atoms with Crippen LogP contribution in [0.4, 0.5) is 0 Å². The predicted octanol–water partition coefficient (Wildman–Crippen LogP) is 13.8. The number of nitrogens with one attached hydrogen (secondary N) is 1. The number of fused-ring (bicyclic) bond motifs is 3. The zero-order valence-electron chi connectivity index (χ0n) is 31.8. The lowest BCUT2D eigenvalue weighted by Gasteiger charge is -2.44. The molecule has 0 saturated carbocycles. The van der Waals surface area contributed by atoms with Gasteiger partial charge >= 0.3 is 0 Å². The number of halogens is 3.